The van der Waals surface area contributed by atoms with Crippen molar-refractivity contribution in [2.45, 2.75) is 19.3 Å². The number of benzene rings is 1. The molecule has 1 aromatic carbocycles. The van der Waals surface area contributed by atoms with Gasteiger partial charge in [0, 0.05) is 30.9 Å². The molecule has 0 fully saturated rings. The van der Waals surface area contributed by atoms with Crippen LogP contribution in [0, 0.1) is 0 Å². The predicted molar refractivity (Wildman–Crippen MR) is 75.9 cm³/mol. The SMILES string of the molecule is CN(C)c1ccc2nc3c(c(NN)c2c1)CCC3. The molecule has 18 heavy (non-hydrogen) atoms. The van der Waals surface area contributed by atoms with Gasteiger partial charge in [-0.1, -0.05) is 0 Å². The first-order valence-corrected chi connectivity index (χ1v) is 6.30. The fourth-order valence-electron chi connectivity index (χ4n) is 2.69. The van der Waals surface area contributed by atoms with Crippen LogP contribution in [0.5, 0.6) is 0 Å². The van der Waals surface area contributed by atoms with Gasteiger partial charge in [0.05, 0.1) is 11.2 Å². The summed E-state index contributed by atoms with van der Waals surface area (Å²) in [5.74, 6) is 5.72. The van der Waals surface area contributed by atoms with E-state index in [-0.39, 0.29) is 0 Å². The lowest BCUT2D eigenvalue weighted by atomic mass is 10.1. The highest BCUT2D eigenvalue weighted by Crippen LogP contribution is 2.34. The second-order valence-electron chi connectivity index (χ2n) is 5.01. The van der Waals surface area contributed by atoms with Gasteiger partial charge >= 0.3 is 0 Å². The third-order valence-electron chi connectivity index (χ3n) is 3.66. The quantitative estimate of drug-likeness (QED) is 0.625. The number of nitrogens with one attached hydrogen (secondary N) is 1. The summed E-state index contributed by atoms with van der Waals surface area (Å²) in [6.45, 7) is 0. The summed E-state index contributed by atoms with van der Waals surface area (Å²) in [5, 5.41) is 1.12. The summed E-state index contributed by atoms with van der Waals surface area (Å²) in [6.07, 6.45) is 3.31. The molecule has 0 atom stereocenters. The van der Waals surface area contributed by atoms with E-state index in [1.807, 2.05) is 14.1 Å². The maximum Gasteiger partial charge on any atom is 0.0728 e. The molecular formula is C14H18N4. The van der Waals surface area contributed by atoms with E-state index in [4.69, 9.17) is 10.8 Å². The van der Waals surface area contributed by atoms with Gasteiger partial charge in [-0.3, -0.25) is 10.8 Å². The number of fused-ring (bicyclic) bond motifs is 2. The van der Waals surface area contributed by atoms with Gasteiger partial charge in [-0.05, 0) is 43.0 Å². The van der Waals surface area contributed by atoms with Gasteiger partial charge in [0.25, 0.3) is 0 Å². The zero-order chi connectivity index (χ0) is 12.7. The van der Waals surface area contributed by atoms with Crippen LogP contribution in [0.25, 0.3) is 10.9 Å². The number of hydrogen-bond acceptors (Lipinski definition) is 4. The van der Waals surface area contributed by atoms with Crippen molar-refractivity contribution in [1.29, 1.82) is 0 Å². The standard InChI is InChI=1S/C14H18N4/c1-18(2)9-6-7-13-11(8-9)14(17-15)10-4-3-5-12(10)16-13/h6-8H,3-5,15H2,1-2H3,(H,16,17). The second-order valence-corrected chi connectivity index (χ2v) is 5.01. The van der Waals surface area contributed by atoms with Crippen molar-refractivity contribution in [2.75, 3.05) is 24.4 Å². The second kappa shape index (κ2) is 4.14. The van der Waals surface area contributed by atoms with Crippen molar-refractivity contribution in [3.8, 4) is 0 Å². The predicted octanol–water partition coefficient (Wildman–Crippen LogP) is 2.08. The molecular weight excluding hydrogens is 224 g/mol. The maximum absolute atomic E-state index is 5.72. The van der Waals surface area contributed by atoms with Gasteiger partial charge in [-0.25, -0.2) is 0 Å². The zero-order valence-corrected chi connectivity index (χ0v) is 10.8. The average molecular weight is 242 g/mol. The first-order chi connectivity index (χ1) is 8.70. The third-order valence-corrected chi connectivity index (χ3v) is 3.66. The number of rotatable bonds is 2. The van der Waals surface area contributed by atoms with Crippen molar-refractivity contribution in [3.63, 3.8) is 0 Å². The lowest BCUT2D eigenvalue weighted by Gasteiger charge is -2.16. The van der Waals surface area contributed by atoms with E-state index in [0.29, 0.717) is 0 Å². The zero-order valence-electron chi connectivity index (χ0n) is 10.8. The van der Waals surface area contributed by atoms with Crippen LogP contribution in [-0.4, -0.2) is 19.1 Å². The number of aromatic nitrogens is 1. The van der Waals surface area contributed by atoms with Crippen molar-refractivity contribution >= 4 is 22.3 Å². The average Bonchev–Trinajstić information content (AvgIpc) is 2.82. The summed E-state index contributed by atoms with van der Waals surface area (Å²) < 4.78 is 0. The molecule has 0 saturated heterocycles. The van der Waals surface area contributed by atoms with Crippen LogP contribution in [0.4, 0.5) is 11.4 Å². The molecule has 3 N–H and O–H groups in total. The lowest BCUT2D eigenvalue weighted by Crippen LogP contribution is -2.12. The van der Waals surface area contributed by atoms with Crippen molar-refractivity contribution in [1.82, 2.24) is 4.98 Å². The Balaban J connectivity index is 2.30. The first-order valence-electron chi connectivity index (χ1n) is 6.30. The maximum atomic E-state index is 5.72. The highest BCUT2D eigenvalue weighted by Gasteiger charge is 2.19. The lowest BCUT2D eigenvalue weighted by molar-refractivity contribution is 0.901. The Bertz CT molecular complexity index is 604. The molecule has 0 spiro atoms. The van der Waals surface area contributed by atoms with Gasteiger partial charge in [0.15, 0.2) is 0 Å². The van der Waals surface area contributed by atoms with Crippen LogP contribution >= 0.6 is 0 Å². The van der Waals surface area contributed by atoms with E-state index >= 15 is 0 Å². The molecule has 4 nitrogen and oxygen atoms in total. The molecule has 0 bridgehead atoms. The summed E-state index contributed by atoms with van der Waals surface area (Å²) in [6, 6.07) is 6.32. The Morgan fingerprint density at radius 2 is 2.11 bits per heavy atom. The van der Waals surface area contributed by atoms with Crippen molar-refractivity contribution in [2.24, 2.45) is 5.84 Å². The Hall–Kier alpha value is -1.81. The Labute approximate surface area is 107 Å². The molecule has 1 heterocycles. The molecule has 4 heteroatoms. The summed E-state index contributed by atoms with van der Waals surface area (Å²) in [7, 11) is 4.08. The third kappa shape index (κ3) is 1.61. The number of nitrogens with zero attached hydrogens (tertiary/aromatic N) is 2. The minimum atomic E-state index is 1.02. The van der Waals surface area contributed by atoms with E-state index in [1.165, 1.54) is 23.4 Å². The Morgan fingerprint density at radius 3 is 2.83 bits per heavy atom. The van der Waals surface area contributed by atoms with Crippen molar-refractivity contribution < 1.29 is 0 Å². The minimum absolute atomic E-state index is 1.02. The summed E-state index contributed by atoms with van der Waals surface area (Å²) in [4.78, 5) is 6.84. The molecule has 1 aliphatic rings. The van der Waals surface area contributed by atoms with E-state index < -0.39 is 0 Å². The van der Waals surface area contributed by atoms with Crippen LogP contribution in [0.1, 0.15) is 17.7 Å². The molecule has 0 amide bonds. The summed E-state index contributed by atoms with van der Waals surface area (Å²) in [5.41, 5.74) is 8.61. The fraction of sp³-hybridized carbons (Fsp3) is 0.357. The number of nitrogens with two attached hydrogens (primary N) is 1. The van der Waals surface area contributed by atoms with Gasteiger partial charge in [0.2, 0.25) is 0 Å². The molecule has 0 aliphatic heterocycles. The van der Waals surface area contributed by atoms with Crippen LogP contribution in [0.2, 0.25) is 0 Å². The largest absolute Gasteiger partial charge is 0.378 e. The van der Waals surface area contributed by atoms with Crippen LogP contribution in [0.3, 0.4) is 0 Å². The highest BCUT2D eigenvalue weighted by atomic mass is 15.2. The highest BCUT2D eigenvalue weighted by molar-refractivity contribution is 5.95. The Kier molecular flexibility index (Phi) is 2.59. The smallest absolute Gasteiger partial charge is 0.0728 e. The van der Waals surface area contributed by atoms with Crippen LogP contribution < -0.4 is 16.2 Å². The van der Waals surface area contributed by atoms with Gasteiger partial charge < -0.3 is 10.3 Å². The van der Waals surface area contributed by atoms with Gasteiger partial charge in [-0.2, -0.15) is 0 Å². The van der Waals surface area contributed by atoms with Gasteiger partial charge in [-0.15, -0.1) is 0 Å². The molecule has 0 radical (unpaired) electrons. The Morgan fingerprint density at radius 1 is 1.28 bits per heavy atom. The fourth-order valence-corrected chi connectivity index (χ4v) is 2.69. The first kappa shape index (κ1) is 11.3. The number of hydrazine groups is 1. The van der Waals surface area contributed by atoms with E-state index in [9.17, 15) is 0 Å². The number of hydrogen-bond donors (Lipinski definition) is 2. The van der Waals surface area contributed by atoms with E-state index in [0.717, 1.165) is 29.4 Å². The van der Waals surface area contributed by atoms with Crippen molar-refractivity contribution in [3.05, 3.63) is 29.5 Å². The molecule has 94 valence electrons. The minimum Gasteiger partial charge on any atom is -0.378 e. The number of pyridine rings is 1. The topological polar surface area (TPSA) is 54.2 Å². The number of aryl methyl sites for hydroxylation is 1. The molecule has 0 unspecified atom stereocenters. The number of anilines is 2. The number of nitrogen functional groups attached to an aromatic ring is 1. The molecule has 0 saturated carbocycles. The van der Waals surface area contributed by atoms with Crippen LogP contribution in [-0.2, 0) is 12.8 Å². The molecule has 2 aromatic rings. The van der Waals surface area contributed by atoms with Gasteiger partial charge in [0.1, 0.15) is 0 Å². The molecule has 1 aromatic heterocycles. The normalized spacial score (nSPS) is 13.7. The molecule has 1 aliphatic carbocycles. The van der Waals surface area contributed by atoms with E-state index in [1.54, 1.807) is 0 Å². The van der Waals surface area contributed by atoms with Crippen LogP contribution in [0.15, 0.2) is 18.2 Å². The monoisotopic (exact) mass is 242 g/mol. The summed E-state index contributed by atoms with van der Waals surface area (Å²) >= 11 is 0. The van der Waals surface area contributed by atoms with E-state index in [2.05, 4.69) is 28.5 Å². The molecule has 3 rings (SSSR count).